The Morgan fingerprint density at radius 1 is 1.56 bits per heavy atom. The van der Waals surface area contributed by atoms with Crippen molar-refractivity contribution in [2.45, 2.75) is 6.92 Å². The zero-order valence-electron chi connectivity index (χ0n) is 9.93. The predicted octanol–water partition coefficient (Wildman–Crippen LogP) is -0.166. The Kier molecular flexibility index (Phi) is 3.24. The maximum atomic E-state index is 12.1. The molecule has 2 amide bonds. The predicted molar refractivity (Wildman–Crippen MR) is 62.6 cm³/mol. The van der Waals surface area contributed by atoms with Crippen LogP contribution < -0.4 is 5.32 Å². The van der Waals surface area contributed by atoms with Crippen molar-refractivity contribution in [3.05, 3.63) is 29.1 Å². The molecule has 1 fully saturated rings. The van der Waals surface area contributed by atoms with Crippen molar-refractivity contribution in [2.75, 3.05) is 19.6 Å². The van der Waals surface area contributed by atoms with Crippen LogP contribution in [0.2, 0.25) is 0 Å². The second-order valence-electron chi connectivity index (χ2n) is 4.02. The molecule has 1 saturated heterocycles. The highest BCUT2D eigenvalue weighted by atomic mass is 16.2. The molecule has 2 heterocycles. The third-order valence-corrected chi connectivity index (χ3v) is 2.75. The van der Waals surface area contributed by atoms with Crippen molar-refractivity contribution < 1.29 is 9.59 Å². The molecule has 6 heteroatoms. The highest BCUT2D eigenvalue weighted by Crippen LogP contribution is 2.08. The van der Waals surface area contributed by atoms with Gasteiger partial charge in [0.2, 0.25) is 5.91 Å². The van der Waals surface area contributed by atoms with Crippen LogP contribution in [0.25, 0.3) is 0 Å². The molecule has 18 heavy (non-hydrogen) atoms. The topological polar surface area (TPSA) is 86.1 Å². The number of aryl methyl sites for hydroxylation is 1. The Bertz CT molecular complexity index is 547. The number of hydrogen-bond acceptors (Lipinski definition) is 4. The highest BCUT2D eigenvalue weighted by molar-refractivity contribution is 5.95. The minimum Gasteiger partial charge on any atom is -0.353 e. The van der Waals surface area contributed by atoms with Crippen LogP contribution in [-0.2, 0) is 4.79 Å². The Balaban J connectivity index is 2.21. The lowest BCUT2D eigenvalue weighted by atomic mass is 10.2. The summed E-state index contributed by atoms with van der Waals surface area (Å²) < 4.78 is 0. The molecule has 2 rings (SSSR count). The lowest BCUT2D eigenvalue weighted by molar-refractivity contribution is -0.123. The van der Waals surface area contributed by atoms with Crippen molar-refractivity contribution in [1.29, 1.82) is 5.26 Å². The van der Waals surface area contributed by atoms with Crippen LogP contribution in [0.15, 0.2) is 12.1 Å². The molecule has 0 atom stereocenters. The van der Waals surface area contributed by atoms with Gasteiger partial charge in [-0.1, -0.05) is 0 Å². The van der Waals surface area contributed by atoms with Gasteiger partial charge >= 0.3 is 0 Å². The van der Waals surface area contributed by atoms with Crippen LogP contribution in [0.4, 0.5) is 0 Å². The Morgan fingerprint density at radius 3 is 2.94 bits per heavy atom. The minimum absolute atomic E-state index is 0.0551. The van der Waals surface area contributed by atoms with E-state index in [0.717, 1.165) is 0 Å². The standard InChI is InChI=1S/C12H12N4O2/c1-8-9(6-13)2-3-10(15-8)12(18)16-5-4-14-11(17)7-16/h2-3H,4-5,7H2,1H3,(H,14,17). The summed E-state index contributed by atoms with van der Waals surface area (Å²) in [7, 11) is 0. The molecule has 6 nitrogen and oxygen atoms in total. The molecule has 1 aromatic heterocycles. The van der Waals surface area contributed by atoms with E-state index < -0.39 is 0 Å². The van der Waals surface area contributed by atoms with E-state index in [1.807, 2.05) is 6.07 Å². The summed E-state index contributed by atoms with van der Waals surface area (Å²) in [5.41, 5.74) is 1.23. The van der Waals surface area contributed by atoms with Crippen molar-refractivity contribution in [2.24, 2.45) is 0 Å². The van der Waals surface area contributed by atoms with Gasteiger partial charge in [-0.25, -0.2) is 4.98 Å². The molecule has 0 radical (unpaired) electrons. The number of nitriles is 1. The molecular weight excluding hydrogens is 232 g/mol. The summed E-state index contributed by atoms with van der Waals surface area (Å²) in [6, 6.07) is 5.08. The molecule has 1 N–H and O–H groups in total. The summed E-state index contributed by atoms with van der Waals surface area (Å²) in [5, 5.41) is 11.4. The molecule has 1 aliphatic heterocycles. The summed E-state index contributed by atoms with van der Waals surface area (Å²) in [6.07, 6.45) is 0. The van der Waals surface area contributed by atoms with E-state index >= 15 is 0 Å². The lowest BCUT2D eigenvalue weighted by Crippen LogP contribution is -2.50. The molecule has 1 aromatic rings. The largest absolute Gasteiger partial charge is 0.353 e. The van der Waals surface area contributed by atoms with Gasteiger partial charge in [0.15, 0.2) is 0 Å². The molecule has 0 bridgehead atoms. The molecule has 0 saturated carbocycles. The van der Waals surface area contributed by atoms with Gasteiger partial charge in [-0.3, -0.25) is 9.59 Å². The molecule has 0 aromatic carbocycles. The zero-order valence-corrected chi connectivity index (χ0v) is 9.93. The second-order valence-corrected chi connectivity index (χ2v) is 4.02. The summed E-state index contributed by atoms with van der Waals surface area (Å²) >= 11 is 0. The number of amides is 2. The minimum atomic E-state index is -0.280. The van der Waals surface area contributed by atoms with Crippen molar-refractivity contribution >= 4 is 11.8 Å². The van der Waals surface area contributed by atoms with Crippen molar-refractivity contribution in [1.82, 2.24) is 15.2 Å². The molecule has 0 spiro atoms. The van der Waals surface area contributed by atoms with Crippen LogP contribution in [0, 0.1) is 18.3 Å². The van der Waals surface area contributed by atoms with Crippen LogP contribution in [0.3, 0.4) is 0 Å². The van der Waals surface area contributed by atoms with Crippen LogP contribution in [0.1, 0.15) is 21.7 Å². The number of hydrogen-bond donors (Lipinski definition) is 1. The zero-order chi connectivity index (χ0) is 13.1. The van der Waals surface area contributed by atoms with Crippen molar-refractivity contribution in [3.8, 4) is 6.07 Å². The van der Waals surface area contributed by atoms with Gasteiger partial charge in [0.05, 0.1) is 17.8 Å². The number of pyridine rings is 1. The highest BCUT2D eigenvalue weighted by Gasteiger charge is 2.23. The Hall–Kier alpha value is -2.42. The van der Waals surface area contributed by atoms with Crippen LogP contribution in [0.5, 0.6) is 0 Å². The summed E-state index contributed by atoms with van der Waals surface area (Å²) in [6.45, 7) is 2.67. The fourth-order valence-corrected chi connectivity index (χ4v) is 1.77. The fourth-order valence-electron chi connectivity index (χ4n) is 1.77. The molecular formula is C12H12N4O2. The first-order valence-electron chi connectivity index (χ1n) is 5.55. The number of carbonyl (C=O) groups excluding carboxylic acids is 2. The van der Waals surface area contributed by atoms with Crippen LogP contribution in [-0.4, -0.2) is 41.3 Å². The molecule has 0 unspecified atom stereocenters. The van der Waals surface area contributed by atoms with E-state index in [1.54, 1.807) is 13.0 Å². The normalized spacial score (nSPS) is 14.9. The maximum absolute atomic E-state index is 12.1. The molecule has 1 aliphatic rings. The van der Waals surface area contributed by atoms with Gasteiger partial charge in [0.1, 0.15) is 11.8 Å². The SMILES string of the molecule is Cc1nc(C(=O)N2CCNC(=O)C2)ccc1C#N. The number of nitrogens with one attached hydrogen (secondary N) is 1. The number of rotatable bonds is 1. The first kappa shape index (κ1) is 12.0. The van der Waals surface area contributed by atoms with Gasteiger partial charge in [-0.15, -0.1) is 0 Å². The van der Waals surface area contributed by atoms with Gasteiger partial charge in [-0.05, 0) is 19.1 Å². The first-order valence-corrected chi connectivity index (χ1v) is 5.55. The van der Waals surface area contributed by atoms with Gasteiger partial charge in [0.25, 0.3) is 5.91 Å². The third-order valence-electron chi connectivity index (χ3n) is 2.75. The number of piperazine rings is 1. The second kappa shape index (κ2) is 4.84. The van der Waals surface area contributed by atoms with E-state index in [9.17, 15) is 9.59 Å². The van der Waals surface area contributed by atoms with E-state index in [4.69, 9.17) is 5.26 Å². The number of aromatic nitrogens is 1. The van der Waals surface area contributed by atoms with E-state index in [-0.39, 0.29) is 24.1 Å². The van der Waals surface area contributed by atoms with Gasteiger partial charge in [0, 0.05) is 13.1 Å². The molecule has 92 valence electrons. The summed E-state index contributed by atoms with van der Waals surface area (Å²) in [5.74, 6) is -0.447. The van der Waals surface area contributed by atoms with Gasteiger partial charge in [-0.2, -0.15) is 5.26 Å². The number of carbonyl (C=O) groups is 2. The van der Waals surface area contributed by atoms with E-state index in [1.165, 1.54) is 11.0 Å². The molecule has 0 aliphatic carbocycles. The summed E-state index contributed by atoms with van der Waals surface area (Å²) in [4.78, 5) is 28.9. The van der Waals surface area contributed by atoms with E-state index in [2.05, 4.69) is 10.3 Å². The average molecular weight is 244 g/mol. The fraction of sp³-hybridized carbons (Fsp3) is 0.333. The smallest absolute Gasteiger partial charge is 0.272 e. The van der Waals surface area contributed by atoms with Crippen LogP contribution >= 0.6 is 0 Å². The Labute approximate surface area is 104 Å². The quantitative estimate of drug-likeness (QED) is 0.743. The van der Waals surface area contributed by atoms with E-state index in [0.29, 0.717) is 24.3 Å². The average Bonchev–Trinajstić information content (AvgIpc) is 2.37. The van der Waals surface area contributed by atoms with Gasteiger partial charge < -0.3 is 10.2 Å². The first-order chi connectivity index (χ1) is 8.61. The van der Waals surface area contributed by atoms with Crippen molar-refractivity contribution in [3.63, 3.8) is 0 Å². The third kappa shape index (κ3) is 2.30. The lowest BCUT2D eigenvalue weighted by Gasteiger charge is -2.26. The number of nitrogens with zero attached hydrogens (tertiary/aromatic N) is 3. The maximum Gasteiger partial charge on any atom is 0.272 e. The Morgan fingerprint density at radius 2 is 2.33 bits per heavy atom. The monoisotopic (exact) mass is 244 g/mol.